The molecular weight excluding hydrogens is 216 g/mol. The second-order valence-corrected chi connectivity index (χ2v) is 6.24. The first kappa shape index (κ1) is 15.3. The monoisotopic (exact) mass is 246 g/mol. The molecule has 102 valence electrons. The summed E-state index contributed by atoms with van der Waals surface area (Å²) in [4.78, 5) is 0. The van der Waals surface area contributed by atoms with Gasteiger partial charge >= 0.3 is 0 Å². The Morgan fingerprint density at radius 3 is 2.39 bits per heavy atom. The molecule has 0 aliphatic heterocycles. The average molecular weight is 246 g/mol. The van der Waals surface area contributed by atoms with E-state index in [-0.39, 0.29) is 0 Å². The molecule has 0 fully saturated rings. The maximum absolute atomic E-state index is 2.51. The summed E-state index contributed by atoms with van der Waals surface area (Å²) in [6.45, 7) is 13.8. The fraction of sp³-hybridized carbons (Fsp3) is 0.667. The summed E-state index contributed by atoms with van der Waals surface area (Å²) in [6.07, 6.45) is 9.93. The van der Waals surface area contributed by atoms with Gasteiger partial charge in [-0.1, -0.05) is 54.7 Å². The van der Waals surface area contributed by atoms with Crippen LogP contribution in [0.3, 0.4) is 0 Å². The minimum atomic E-state index is 0.673. The zero-order valence-corrected chi connectivity index (χ0v) is 13.1. The largest absolute Gasteiger partial charge is 0.0822 e. The van der Waals surface area contributed by atoms with Crippen molar-refractivity contribution in [2.75, 3.05) is 0 Å². The Morgan fingerprint density at radius 1 is 1.11 bits per heavy atom. The second-order valence-electron chi connectivity index (χ2n) is 6.24. The van der Waals surface area contributed by atoms with Gasteiger partial charge in [-0.25, -0.2) is 0 Å². The predicted molar refractivity (Wildman–Crippen MR) is 82.7 cm³/mol. The van der Waals surface area contributed by atoms with Crippen LogP contribution in [0.15, 0.2) is 34.4 Å². The Labute approximate surface area is 114 Å². The molecule has 2 unspecified atom stereocenters. The third-order valence-electron chi connectivity index (χ3n) is 4.16. The molecule has 0 bridgehead atoms. The second kappa shape index (κ2) is 6.97. The summed E-state index contributed by atoms with van der Waals surface area (Å²) in [5, 5.41) is 0. The first-order chi connectivity index (χ1) is 8.43. The topological polar surface area (TPSA) is 0 Å². The van der Waals surface area contributed by atoms with Crippen LogP contribution in [-0.2, 0) is 0 Å². The number of hydrogen-bond acceptors (Lipinski definition) is 0. The zero-order valence-electron chi connectivity index (χ0n) is 13.1. The molecule has 1 aliphatic rings. The van der Waals surface area contributed by atoms with Crippen molar-refractivity contribution in [1.29, 1.82) is 0 Å². The highest BCUT2D eigenvalue weighted by molar-refractivity contribution is 5.28. The van der Waals surface area contributed by atoms with Crippen LogP contribution in [0.4, 0.5) is 0 Å². The summed E-state index contributed by atoms with van der Waals surface area (Å²) in [5.41, 5.74) is 6.16. The molecule has 0 saturated heterocycles. The summed E-state index contributed by atoms with van der Waals surface area (Å²) >= 11 is 0. The zero-order chi connectivity index (χ0) is 13.7. The van der Waals surface area contributed by atoms with E-state index in [0.717, 1.165) is 5.92 Å². The number of rotatable bonds is 2. The lowest BCUT2D eigenvalue weighted by molar-refractivity contribution is 0.534. The normalized spacial score (nSPS) is 26.8. The Kier molecular flexibility index (Phi) is 5.91. The molecule has 0 saturated carbocycles. The lowest BCUT2D eigenvalue weighted by Crippen LogP contribution is -2.07. The van der Waals surface area contributed by atoms with Crippen LogP contribution in [0.1, 0.15) is 67.2 Å². The Morgan fingerprint density at radius 2 is 1.78 bits per heavy atom. The molecule has 0 aromatic rings. The van der Waals surface area contributed by atoms with Gasteiger partial charge in [0.1, 0.15) is 0 Å². The molecule has 0 heteroatoms. The van der Waals surface area contributed by atoms with Crippen LogP contribution >= 0.6 is 0 Å². The molecule has 2 atom stereocenters. The highest BCUT2D eigenvalue weighted by Crippen LogP contribution is 2.30. The minimum Gasteiger partial charge on any atom is -0.0822 e. The number of hydrogen-bond donors (Lipinski definition) is 0. The van der Waals surface area contributed by atoms with Crippen molar-refractivity contribution in [2.24, 2.45) is 11.8 Å². The summed E-state index contributed by atoms with van der Waals surface area (Å²) in [6, 6.07) is 0. The smallest absolute Gasteiger partial charge is 0.0169 e. The Bertz CT molecular complexity index is 365. The van der Waals surface area contributed by atoms with Gasteiger partial charge in [-0.2, -0.15) is 0 Å². The highest BCUT2D eigenvalue weighted by Gasteiger charge is 2.14. The standard InChI is InChI=1S/C18H30/c1-7-8-18-12-16(5)15(4)10-13(2)9-14(3)11-17(18)6/h10-11,14,18H,7-9,12H2,1-6H3. The quantitative estimate of drug-likeness (QED) is 0.519. The molecule has 0 nitrogen and oxygen atoms in total. The van der Waals surface area contributed by atoms with E-state index in [4.69, 9.17) is 0 Å². The van der Waals surface area contributed by atoms with Crippen LogP contribution < -0.4 is 0 Å². The molecule has 18 heavy (non-hydrogen) atoms. The summed E-state index contributed by atoms with van der Waals surface area (Å²) in [7, 11) is 0. The fourth-order valence-electron chi connectivity index (χ4n) is 3.07. The van der Waals surface area contributed by atoms with Gasteiger partial charge in [0, 0.05) is 0 Å². The molecule has 0 amide bonds. The molecule has 0 aromatic heterocycles. The molecule has 0 heterocycles. The van der Waals surface area contributed by atoms with Gasteiger partial charge in [-0.05, 0) is 58.8 Å². The van der Waals surface area contributed by atoms with Crippen LogP contribution in [0.25, 0.3) is 0 Å². The summed E-state index contributed by atoms with van der Waals surface area (Å²) < 4.78 is 0. The van der Waals surface area contributed by atoms with E-state index in [9.17, 15) is 0 Å². The van der Waals surface area contributed by atoms with Crippen molar-refractivity contribution in [2.45, 2.75) is 67.2 Å². The third kappa shape index (κ3) is 4.48. The van der Waals surface area contributed by atoms with Gasteiger partial charge in [0.25, 0.3) is 0 Å². The molecule has 1 rings (SSSR count). The van der Waals surface area contributed by atoms with Crippen molar-refractivity contribution in [1.82, 2.24) is 0 Å². The predicted octanol–water partition coefficient (Wildman–Crippen LogP) is 6.06. The minimum absolute atomic E-state index is 0.673. The molecule has 0 aromatic carbocycles. The van der Waals surface area contributed by atoms with E-state index in [1.165, 1.54) is 36.8 Å². The molecule has 0 spiro atoms. The number of allylic oxidation sites excluding steroid dienone is 6. The maximum Gasteiger partial charge on any atom is -0.0169 e. The lowest BCUT2D eigenvalue weighted by atomic mass is 9.84. The molecule has 0 N–H and O–H groups in total. The van der Waals surface area contributed by atoms with Gasteiger partial charge in [0.2, 0.25) is 0 Å². The van der Waals surface area contributed by atoms with Crippen molar-refractivity contribution >= 4 is 0 Å². The van der Waals surface area contributed by atoms with Crippen LogP contribution in [0, 0.1) is 11.8 Å². The van der Waals surface area contributed by atoms with Crippen LogP contribution in [0.5, 0.6) is 0 Å². The van der Waals surface area contributed by atoms with E-state index >= 15 is 0 Å². The third-order valence-corrected chi connectivity index (χ3v) is 4.16. The van der Waals surface area contributed by atoms with Crippen molar-refractivity contribution in [3.8, 4) is 0 Å². The van der Waals surface area contributed by atoms with Crippen LogP contribution in [0.2, 0.25) is 0 Å². The van der Waals surface area contributed by atoms with Gasteiger partial charge in [0.15, 0.2) is 0 Å². The lowest BCUT2D eigenvalue weighted by Gasteiger charge is -2.22. The van der Waals surface area contributed by atoms with Crippen molar-refractivity contribution in [3.05, 3.63) is 34.4 Å². The van der Waals surface area contributed by atoms with Gasteiger partial charge in [0.05, 0.1) is 0 Å². The Balaban J connectivity index is 3.08. The van der Waals surface area contributed by atoms with E-state index in [0.29, 0.717) is 5.92 Å². The first-order valence-electron chi connectivity index (χ1n) is 7.45. The fourth-order valence-corrected chi connectivity index (χ4v) is 3.07. The molecule has 0 radical (unpaired) electrons. The van der Waals surface area contributed by atoms with E-state index in [1.807, 2.05) is 0 Å². The summed E-state index contributed by atoms with van der Waals surface area (Å²) in [5.74, 6) is 1.42. The van der Waals surface area contributed by atoms with Crippen molar-refractivity contribution < 1.29 is 0 Å². The van der Waals surface area contributed by atoms with E-state index in [2.05, 4.69) is 53.7 Å². The SMILES string of the molecule is CCCC1CC(C)=C(C)C=C(C)CC(C)C=C1C. The maximum atomic E-state index is 2.51. The van der Waals surface area contributed by atoms with E-state index in [1.54, 1.807) is 11.1 Å². The van der Waals surface area contributed by atoms with Crippen molar-refractivity contribution in [3.63, 3.8) is 0 Å². The van der Waals surface area contributed by atoms with Crippen LogP contribution in [-0.4, -0.2) is 0 Å². The average Bonchev–Trinajstić information content (AvgIpc) is 2.26. The van der Waals surface area contributed by atoms with E-state index < -0.39 is 0 Å². The Hall–Kier alpha value is -0.780. The van der Waals surface area contributed by atoms with Gasteiger partial charge in [-0.3, -0.25) is 0 Å². The molecule has 1 aliphatic carbocycles. The first-order valence-corrected chi connectivity index (χ1v) is 7.45. The van der Waals surface area contributed by atoms with Gasteiger partial charge < -0.3 is 0 Å². The highest BCUT2D eigenvalue weighted by atomic mass is 14.2. The molecular formula is C18H30. The van der Waals surface area contributed by atoms with Gasteiger partial charge in [-0.15, -0.1) is 0 Å².